The standard InChI is InChI=1S/C28H25N3O4S/c1-21-7-17-27(18-8-21)36(33,34)31-25-13-11-24(12-14-25)28(32)30-29-19-22-9-15-26(16-10-22)35-20-23-5-3-2-4-6-23/h2-19,31H,20H2,1H3,(H,30,32)/b29-19-. The van der Waals surface area contributed by atoms with Crippen molar-refractivity contribution in [3.63, 3.8) is 0 Å². The molecular weight excluding hydrogens is 474 g/mol. The predicted molar refractivity (Wildman–Crippen MR) is 141 cm³/mol. The lowest BCUT2D eigenvalue weighted by Gasteiger charge is -2.09. The van der Waals surface area contributed by atoms with Crippen molar-refractivity contribution < 1.29 is 17.9 Å². The van der Waals surface area contributed by atoms with E-state index in [1.165, 1.54) is 30.5 Å². The van der Waals surface area contributed by atoms with Crippen LogP contribution in [-0.4, -0.2) is 20.5 Å². The van der Waals surface area contributed by atoms with Crippen LogP contribution in [0, 0.1) is 6.92 Å². The molecule has 36 heavy (non-hydrogen) atoms. The second-order valence-electron chi connectivity index (χ2n) is 8.04. The number of ether oxygens (including phenoxy) is 1. The Kier molecular flexibility index (Phi) is 7.77. The predicted octanol–water partition coefficient (Wildman–Crippen LogP) is 5.14. The molecule has 0 fully saturated rings. The second kappa shape index (κ2) is 11.3. The fourth-order valence-corrected chi connectivity index (χ4v) is 4.30. The highest BCUT2D eigenvalue weighted by Crippen LogP contribution is 2.17. The fourth-order valence-electron chi connectivity index (χ4n) is 3.24. The Balaban J connectivity index is 1.28. The Morgan fingerprint density at radius 1 is 0.861 bits per heavy atom. The molecule has 0 radical (unpaired) electrons. The summed E-state index contributed by atoms with van der Waals surface area (Å²) in [5.41, 5.74) is 6.01. The SMILES string of the molecule is Cc1ccc(S(=O)(=O)Nc2ccc(C(=O)N/N=C\c3ccc(OCc4ccccc4)cc3)cc2)cc1. The summed E-state index contributed by atoms with van der Waals surface area (Å²) in [6, 6.07) is 29.9. The molecule has 8 heteroatoms. The summed E-state index contributed by atoms with van der Waals surface area (Å²) in [6.07, 6.45) is 1.53. The third kappa shape index (κ3) is 6.80. The van der Waals surface area contributed by atoms with Gasteiger partial charge in [0, 0.05) is 11.3 Å². The molecule has 7 nitrogen and oxygen atoms in total. The third-order valence-corrected chi connectivity index (χ3v) is 6.64. The van der Waals surface area contributed by atoms with Gasteiger partial charge >= 0.3 is 0 Å². The van der Waals surface area contributed by atoms with Crippen LogP contribution in [0.3, 0.4) is 0 Å². The topological polar surface area (TPSA) is 96.9 Å². The van der Waals surface area contributed by atoms with E-state index >= 15 is 0 Å². The number of carbonyl (C=O) groups excluding carboxylic acids is 1. The van der Waals surface area contributed by atoms with Crippen LogP contribution in [0.1, 0.15) is 27.0 Å². The van der Waals surface area contributed by atoms with Gasteiger partial charge in [-0.15, -0.1) is 0 Å². The summed E-state index contributed by atoms with van der Waals surface area (Å²) in [4.78, 5) is 12.5. The van der Waals surface area contributed by atoms with Crippen molar-refractivity contribution in [1.82, 2.24) is 5.43 Å². The van der Waals surface area contributed by atoms with Crippen molar-refractivity contribution >= 4 is 27.8 Å². The zero-order chi connectivity index (χ0) is 25.4. The van der Waals surface area contributed by atoms with E-state index in [-0.39, 0.29) is 4.90 Å². The average Bonchev–Trinajstić information content (AvgIpc) is 2.89. The van der Waals surface area contributed by atoms with Crippen molar-refractivity contribution in [3.8, 4) is 5.75 Å². The highest BCUT2D eigenvalue weighted by Gasteiger charge is 2.14. The number of rotatable bonds is 9. The van der Waals surface area contributed by atoms with Crippen molar-refractivity contribution in [2.75, 3.05) is 4.72 Å². The monoisotopic (exact) mass is 499 g/mol. The van der Waals surface area contributed by atoms with Gasteiger partial charge in [0.1, 0.15) is 12.4 Å². The molecule has 4 aromatic carbocycles. The van der Waals surface area contributed by atoms with Crippen molar-refractivity contribution in [2.45, 2.75) is 18.4 Å². The maximum Gasteiger partial charge on any atom is 0.271 e. The van der Waals surface area contributed by atoms with Gasteiger partial charge in [-0.25, -0.2) is 13.8 Å². The Morgan fingerprint density at radius 2 is 1.53 bits per heavy atom. The van der Waals surface area contributed by atoms with Gasteiger partial charge in [0.05, 0.1) is 11.1 Å². The minimum atomic E-state index is -3.71. The van der Waals surface area contributed by atoms with E-state index in [2.05, 4.69) is 15.2 Å². The van der Waals surface area contributed by atoms with Gasteiger partial charge in [0.2, 0.25) is 0 Å². The highest BCUT2D eigenvalue weighted by atomic mass is 32.2. The second-order valence-corrected chi connectivity index (χ2v) is 9.72. The average molecular weight is 500 g/mol. The minimum absolute atomic E-state index is 0.167. The van der Waals surface area contributed by atoms with Crippen LogP contribution < -0.4 is 14.9 Å². The number of nitrogens with zero attached hydrogens (tertiary/aromatic N) is 1. The molecule has 0 bridgehead atoms. The smallest absolute Gasteiger partial charge is 0.271 e. The molecule has 0 aromatic heterocycles. The van der Waals surface area contributed by atoms with E-state index in [4.69, 9.17) is 4.74 Å². The van der Waals surface area contributed by atoms with E-state index in [1.807, 2.05) is 61.5 Å². The number of aryl methyl sites for hydroxylation is 1. The molecule has 0 saturated carbocycles. The molecule has 0 unspecified atom stereocenters. The number of hydrazone groups is 1. The Hall–Kier alpha value is -4.43. The third-order valence-electron chi connectivity index (χ3n) is 5.24. The minimum Gasteiger partial charge on any atom is -0.489 e. The zero-order valence-corrected chi connectivity index (χ0v) is 20.4. The summed E-state index contributed by atoms with van der Waals surface area (Å²) < 4.78 is 33.3. The van der Waals surface area contributed by atoms with Gasteiger partial charge in [-0.05, 0) is 78.7 Å². The van der Waals surface area contributed by atoms with E-state index in [0.717, 1.165) is 22.4 Å². The van der Waals surface area contributed by atoms with Crippen molar-refractivity contribution in [3.05, 3.63) is 125 Å². The largest absolute Gasteiger partial charge is 0.489 e. The quantitative estimate of drug-likeness (QED) is 0.246. The molecule has 0 aliphatic heterocycles. The number of carbonyl (C=O) groups is 1. The van der Waals surface area contributed by atoms with Gasteiger partial charge in [-0.3, -0.25) is 9.52 Å². The zero-order valence-electron chi connectivity index (χ0n) is 19.6. The van der Waals surface area contributed by atoms with Gasteiger partial charge in [-0.1, -0.05) is 48.0 Å². The molecule has 182 valence electrons. The number of hydrogen-bond acceptors (Lipinski definition) is 5. The first-order valence-corrected chi connectivity index (χ1v) is 12.7. The first kappa shape index (κ1) is 24.7. The Bertz CT molecular complexity index is 1430. The number of hydrogen-bond donors (Lipinski definition) is 2. The molecule has 4 rings (SSSR count). The summed E-state index contributed by atoms with van der Waals surface area (Å²) in [6.45, 7) is 2.37. The molecule has 0 heterocycles. The summed E-state index contributed by atoms with van der Waals surface area (Å²) in [7, 11) is -3.71. The fraction of sp³-hybridized carbons (Fsp3) is 0.0714. The summed E-state index contributed by atoms with van der Waals surface area (Å²) in [5.74, 6) is 0.320. The van der Waals surface area contributed by atoms with E-state index in [9.17, 15) is 13.2 Å². The first-order valence-electron chi connectivity index (χ1n) is 11.2. The van der Waals surface area contributed by atoms with Gasteiger partial charge in [0.25, 0.3) is 15.9 Å². The van der Waals surface area contributed by atoms with Gasteiger partial charge in [0.15, 0.2) is 0 Å². The van der Waals surface area contributed by atoms with Crippen LogP contribution in [-0.2, 0) is 16.6 Å². The van der Waals surface area contributed by atoms with Crippen molar-refractivity contribution in [2.24, 2.45) is 5.10 Å². The number of nitrogens with one attached hydrogen (secondary N) is 2. The van der Waals surface area contributed by atoms with Crippen LogP contribution in [0.5, 0.6) is 5.75 Å². The lowest BCUT2D eigenvalue weighted by atomic mass is 10.2. The number of benzene rings is 4. The number of sulfonamides is 1. The van der Waals surface area contributed by atoms with Crippen LogP contribution in [0.25, 0.3) is 0 Å². The van der Waals surface area contributed by atoms with Crippen LogP contribution in [0.15, 0.2) is 113 Å². The summed E-state index contributed by atoms with van der Waals surface area (Å²) in [5, 5.41) is 3.99. The van der Waals surface area contributed by atoms with E-state index < -0.39 is 15.9 Å². The Morgan fingerprint density at radius 3 is 2.19 bits per heavy atom. The molecule has 0 saturated heterocycles. The molecule has 0 spiro atoms. The Labute approximate surface area is 210 Å². The van der Waals surface area contributed by atoms with E-state index in [1.54, 1.807) is 24.3 Å². The molecule has 4 aromatic rings. The first-order chi connectivity index (χ1) is 17.4. The maximum atomic E-state index is 12.5. The maximum absolute atomic E-state index is 12.5. The lowest BCUT2D eigenvalue weighted by molar-refractivity contribution is 0.0955. The molecule has 0 atom stereocenters. The van der Waals surface area contributed by atoms with Crippen LogP contribution >= 0.6 is 0 Å². The molecule has 0 aliphatic carbocycles. The van der Waals surface area contributed by atoms with Crippen LogP contribution in [0.2, 0.25) is 0 Å². The van der Waals surface area contributed by atoms with Crippen LogP contribution in [0.4, 0.5) is 5.69 Å². The highest BCUT2D eigenvalue weighted by molar-refractivity contribution is 7.92. The van der Waals surface area contributed by atoms with E-state index in [0.29, 0.717) is 17.9 Å². The number of anilines is 1. The summed E-state index contributed by atoms with van der Waals surface area (Å²) >= 11 is 0. The molecule has 0 aliphatic rings. The van der Waals surface area contributed by atoms with Gasteiger partial charge in [-0.2, -0.15) is 5.10 Å². The molecular formula is C28H25N3O4S. The van der Waals surface area contributed by atoms with Gasteiger partial charge < -0.3 is 4.74 Å². The normalized spacial score (nSPS) is 11.2. The number of amides is 1. The molecule has 1 amide bonds. The van der Waals surface area contributed by atoms with Crippen molar-refractivity contribution in [1.29, 1.82) is 0 Å². The molecule has 2 N–H and O–H groups in total. The lowest BCUT2D eigenvalue weighted by Crippen LogP contribution is -2.18.